The molecule has 0 spiro atoms. The molecule has 1 heterocycles. The van der Waals surface area contributed by atoms with E-state index < -0.39 is 18.3 Å². The van der Waals surface area contributed by atoms with Crippen LogP contribution in [-0.2, 0) is 11.3 Å². The summed E-state index contributed by atoms with van der Waals surface area (Å²) in [7, 11) is 0. The number of nitrogens with one attached hydrogen (secondary N) is 1. The molecule has 0 saturated heterocycles. The second-order valence-corrected chi connectivity index (χ2v) is 6.19. The van der Waals surface area contributed by atoms with Gasteiger partial charge in [0.25, 0.3) is 0 Å². The molecule has 0 fully saturated rings. The maximum absolute atomic E-state index is 11.7. The molecule has 7 nitrogen and oxygen atoms in total. The third-order valence-corrected chi connectivity index (χ3v) is 4.19. The Morgan fingerprint density at radius 3 is 2.59 bits per heavy atom. The molecule has 2 atom stereocenters. The molecule has 2 aromatic carbocycles. The maximum Gasteiger partial charge on any atom is 0.407 e. The van der Waals surface area contributed by atoms with E-state index in [1.807, 2.05) is 30.3 Å². The predicted octanol–water partition coefficient (Wildman–Crippen LogP) is 2.17. The molecule has 1 aliphatic heterocycles. The Balaban J connectivity index is 1.42. The second-order valence-electron chi connectivity index (χ2n) is 6.19. The van der Waals surface area contributed by atoms with Gasteiger partial charge in [-0.2, -0.15) is 0 Å². The third-order valence-electron chi connectivity index (χ3n) is 4.19. The van der Waals surface area contributed by atoms with E-state index in [0.717, 1.165) is 5.56 Å². The minimum atomic E-state index is -1.09. The number of benzene rings is 2. The summed E-state index contributed by atoms with van der Waals surface area (Å²) in [5.74, 6) is 1.17. The van der Waals surface area contributed by atoms with E-state index in [1.165, 1.54) is 0 Å². The molecule has 0 aliphatic carbocycles. The largest absolute Gasteiger partial charge is 0.486 e. The number of amides is 1. The van der Waals surface area contributed by atoms with Crippen molar-refractivity contribution in [2.24, 2.45) is 0 Å². The second kappa shape index (κ2) is 9.25. The molecule has 2 unspecified atom stereocenters. The fourth-order valence-corrected chi connectivity index (χ4v) is 2.72. The van der Waals surface area contributed by atoms with Gasteiger partial charge in [0, 0.05) is 6.54 Å². The molecule has 0 radical (unpaired) electrons. The van der Waals surface area contributed by atoms with Crippen molar-refractivity contribution in [1.82, 2.24) is 5.32 Å². The zero-order chi connectivity index (χ0) is 19.1. The van der Waals surface area contributed by atoms with E-state index in [0.29, 0.717) is 30.3 Å². The number of fused-ring (bicyclic) bond motifs is 1. The third kappa shape index (κ3) is 5.35. The Morgan fingerprint density at radius 1 is 1.07 bits per heavy atom. The van der Waals surface area contributed by atoms with Gasteiger partial charge in [-0.3, -0.25) is 0 Å². The topological polar surface area (TPSA) is 97.3 Å². The zero-order valence-corrected chi connectivity index (χ0v) is 14.8. The van der Waals surface area contributed by atoms with Crippen LogP contribution in [0.1, 0.15) is 23.7 Å². The van der Waals surface area contributed by atoms with Gasteiger partial charge in [0.05, 0.1) is 6.10 Å². The Labute approximate surface area is 157 Å². The molecular formula is C20H23NO6. The van der Waals surface area contributed by atoms with Gasteiger partial charge in [-0.1, -0.05) is 36.4 Å². The molecule has 27 heavy (non-hydrogen) atoms. The van der Waals surface area contributed by atoms with Crippen molar-refractivity contribution < 1.29 is 29.2 Å². The standard InChI is InChI=1S/C20H23NO6/c22-16(8-9-21-20(24)27-13-14-4-2-1-3-5-14)19(23)15-6-7-17-18(12-15)26-11-10-25-17/h1-7,12,16,19,22-23H,8-11,13H2,(H,21,24). The lowest BCUT2D eigenvalue weighted by atomic mass is 10.0. The highest BCUT2D eigenvalue weighted by Crippen LogP contribution is 2.33. The first-order chi connectivity index (χ1) is 13.1. The first-order valence-corrected chi connectivity index (χ1v) is 8.84. The zero-order valence-electron chi connectivity index (χ0n) is 14.8. The van der Waals surface area contributed by atoms with Gasteiger partial charge in [0.2, 0.25) is 0 Å². The average molecular weight is 373 g/mol. The summed E-state index contributed by atoms with van der Waals surface area (Å²) >= 11 is 0. The highest BCUT2D eigenvalue weighted by molar-refractivity contribution is 5.67. The summed E-state index contributed by atoms with van der Waals surface area (Å²) in [6.45, 7) is 1.29. The van der Waals surface area contributed by atoms with Crippen LogP contribution in [0.5, 0.6) is 11.5 Å². The van der Waals surface area contributed by atoms with Gasteiger partial charge in [-0.25, -0.2) is 4.79 Å². The van der Waals surface area contributed by atoms with Crippen LogP contribution in [-0.4, -0.2) is 42.2 Å². The molecule has 0 aromatic heterocycles. The van der Waals surface area contributed by atoms with Crippen LogP contribution in [0.3, 0.4) is 0 Å². The monoisotopic (exact) mass is 373 g/mol. The molecule has 3 N–H and O–H groups in total. The van der Waals surface area contributed by atoms with Crippen molar-refractivity contribution in [3.05, 3.63) is 59.7 Å². The molecule has 3 rings (SSSR count). The van der Waals surface area contributed by atoms with Gasteiger partial charge >= 0.3 is 6.09 Å². The number of carbonyl (C=O) groups is 1. The number of rotatable bonds is 7. The van der Waals surface area contributed by atoms with Crippen LogP contribution in [0.25, 0.3) is 0 Å². The van der Waals surface area contributed by atoms with Crippen LogP contribution in [0.4, 0.5) is 4.79 Å². The number of carbonyl (C=O) groups excluding carboxylic acids is 1. The van der Waals surface area contributed by atoms with Crippen LogP contribution >= 0.6 is 0 Å². The van der Waals surface area contributed by atoms with Crippen molar-refractivity contribution in [2.75, 3.05) is 19.8 Å². The minimum Gasteiger partial charge on any atom is -0.486 e. The molecule has 1 aliphatic rings. The smallest absolute Gasteiger partial charge is 0.407 e. The fraction of sp³-hybridized carbons (Fsp3) is 0.350. The van der Waals surface area contributed by atoms with Gasteiger partial charge in [-0.15, -0.1) is 0 Å². The molecule has 144 valence electrons. The van der Waals surface area contributed by atoms with Gasteiger partial charge in [0.15, 0.2) is 11.5 Å². The van der Waals surface area contributed by atoms with Crippen molar-refractivity contribution in [3.8, 4) is 11.5 Å². The van der Waals surface area contributed by atoms with Crippen molar-refractivity contribution in [2.45, 2.75) is 25.2 Å². The summed E-state index contributed by atoms with van der Waals surface area (Å²) in [6.07, 6.45) is -2.53. The summed E-state index contributed by atoms with van der Waals surface area (Å²) in [6, 6.07) is 14.4. The van der Waals surface area contributed by atoms with Crippen LogP contribution in [0, 0.1) is 0 Å². The summed E-state index contributed by atoms with van der Waals surface area (Å²) in [5, 5.41) is 23.1. The summed E-state index contributed by atoms with van der Waals surface area (Å²) in [5.41, 5.74) is 1.42. The Bertz CT molecular complexity index is 751. The van der Waals surface area contributed by atoms with Crippen molar-refractivity contribution >= 4 is 6.09 Å². The first kappa shape index (κ1) is 19.0. The lowest BCUT2D eigenvalue weighted by Gasteiger charge is -2.22. The van der Waals surface area contributed by atoms with E-state index in [4.69, 9.17) is 14.2 Å². The van der Waals surface area contributed by atoms with E-state index in [9.17, 15) is 15.0 Å². The number of alkyl carbamates (subject to hydrolysis) is 1. The number of aliphatic hydroxyl groups excluding tert-OH is 2. The van der Waals surface area contributed by atoms with Crippen LogP contribution < -0.4 is 14.8 Å². The van der Waals surface area contributed by atoms with E-state index in [-0.39, 0.29) is 19.6 Å². The van der Waals surface area contributed by atoms with Crippen molar-refractivity contribution in [1.29, 1.82) is 0 Å². The number of aliphatic hydroxyl groups is 2. The minimum absolute atomic E-state index is 0.176. The fourth-order valence-electron chi connectivity index (χ4n) is 2.72. The molecule has 2 aromatic rings. The van der Waals surface area contributed by atoms with Crippen molar-refractivity contribution in [3.63, 3.8) is 0 Å². The Morgan fingerprint density at radius 2 is 1.81 bits per heavy atom. The van der Waals surface area contributed by atoms with Crippen LogP contribution in [0.15, 0.2) is 48.5 Å². The Hall–Kier alpha value is -2.77. The summed E-state index contributed by atoms with van der Waals surface area (Å²) < 4.78 is 16.0. The molecule has 1 amide bonds. The number of hydrogen-bond donors (Lipinski definition) is 3. The van der Waals surface area contributed by atoms with Crippen LogP contribution in [0.2, 0.25) is 0 Å². The van der Waals surface area contributed by atoms with E-state index >= 15 is 0 Å². The maximum atomic E-state index is 11.7. The highest BCUT2D eigenvalue weighted by Gasteiger charge is 2.21. The quantitative estimate of drug-likeness (QED) is 0.688. The lowest BCUT2D eigenvalue weighted by molar-refractivity contribution is 0.0133. The van der Waals surface area contributed by atoms with Gasteiger partial charge < -0.3 is 29.7 Å². The average Bonchev–Trinajstić information content (AvgIpc) is 2.72. The Kier molecular flexibility index (Phi) is 6.51. The first-order valence-electron chi connectivity index (χ1n) is 8.84. The SMILES string of the molecule is O=C(NCCC(O)C(O)c1ccc2c(c1)OCCO2)OCc1ccccc1. The predicted molar refractivity (Wildman–Crippen MR) is 97.6 cm³/mol. The number of ether oxygens (including phenoxy) is 3. The normalized spacial score (nSPS) is 14.9. The summed E-state index contributed by atoms with van der Waals surface area (Å²) in [4.78, 5) is 11.7. The molecule has 0 bridgehead atoms. The van der Waals surface area contributed by atoms with E-state index in [1.54, 1.807) is 18.2 Å². The number of hydrogen-bond acceptors (Lipinski definition) is 6. The van der Waals surface area contributed by atoms with E-state index in [2.05, 4.69) is 5.32 Å². The van der Waals surface area contributed by atoms with Gasteiger partial charge in [-0.05, 0) is 29.7 Å². The lowest BCUT2D eigenvalue weighted by Crippen LogP contribution is -2.29. The molecule has 0 saturated carbocycles. The molecular weight excluding hydrogens is 350 g/mol. The highest BCUT2D eigenvalue weighted by atomic mass is 16.6. The molecule has 7 heteroatoms. The van der Waals surface area contributed by atoms with Gasteiger partial charge in [0.1, 0.15) is 25.9 Å².